The molecule has 0 bridgehead atoms. The Morgan fingerprint density at radius 2 is 1.76 bits per heavy atom. The highest BCUT2D eigenvalue weighted by Crippen LogP contribution is 2.36. The number of aromatic nitrogens is 1. The molecule has 0 atom stereocenters. The molecule has 1 aliphatic rings. The fourth-order valence-corrected chi connectivity index (χ4v) is 6.84. The van der Waals surface area contributed by atoms with E-state index >= 15 is 0 Å². The van der Waals surface area contributed by atoms with Gasteiger partial charge >= 0.3 is 0 Å². The van der Waals surface area contributed by atoms with Crippen LogP contribution in [0.25, 0.3) is 0 Å². The number of benzene rings is 2. The second kappa shape index (κ2) is 10.0. The van der Waals surface area contributed by atoms with Gasteiger partial charge in [0.1, 0.15) is 5.69 Å². The van der Waals surface area contributed by atoms with E-state index in [2.05, 4.69) is 10.3 Å². The summed E-state index contributed by atoms with van der Waals surface area (Å²) in [7, 11) is -3.63. The average Bonchev–Trinajstić information content (AvgIpc) is 3.30. The van der Waals surface area contributed by atoms with Crippen LogP contribution in [0.1, 0.15) is 39.8 Å². The standard InChI is InChI=1S/C22H20Cl3N3O4S2/c1-12-2-3-15(10-16(12)23)34(31,32)28-6-4-13(5-7-28)22-27-19(11-33-22)21(30)26-14-8-17(24)20(29)18(25)9-14/h2-3,8-11,13,29H,4-7H2,1H3,(H,26,30). The molecule has 0 radical (unpaired) electrons. The van der Waals surface area contributed by atoms with Gasteiger partial charge in [0.15, 0.2) is 5.75 Å². The summed E-state index contributed by atoms with van der Waals surface area (Å²) in [6.45, 7) is 2.52. The van der Waals surface area contributed by atoms with Crippen molar-refractivity contribution in [3.05, 3.63) is 67.0 Å². The first-order valence-electron chi connectivity index (χ1n) is 10.3. The van der Waals surface area contributed by atoms with Crippen LogP contribution in [-0.4, -0.2) is 41.8 Å². The number of nitrogens with one attached hydrogen (secondary N) is 1. The zero-order valence-electron chi connectivity index (χ0n) is 17.9. The summed E-state index contributed by atoms with van der Waals surface area (Å²) in [5.74, 6) is -0.634. The molecule has 7 nitrogen and oxygen atoms in total. The number of aryl methyl sites for hydroxylation is 1. The zero-order valence-corrected chi connectivity index (χ0v) is 21.8. The van der Waals surface area contributed by atoms with Crippen molar-refractivity contribution < 1.29 is 18.3 Å². The van der Waals surface area contributed by atoms with E-state index in [4.69, 9.17) is 34.8 Å². The third-order valence-corrected chi connectivity index (χ3v) is 9.50. The zero-order chi connectivity index (χ0) is 24.6. The van der Waals surface area contributed by atoms with Gasteiger partial charge in [0.05, 0.1) is 19.9 Å². The third-order valence-electron chi connectivity index (χ3n) is 5.61. The number of rotatable bonds is 5. The summed E-state index contributed by atoms with van der Waals surface area (Å²) in [5.41, 5.74) is 1.39. The molecule has 0 spiro atoms. The van der Waals surface area contributed by atoms with Gasteiger partial charge in [0, 0.05) is 35.1 Å². The lowest BCUT2D eigenvalue weighted by atomic mass is 9.99. The van der Waals surface area contributed by atoms with Gasteiger partial charge in [0.25, 0.3) is 5.91 Å². The highest BCUT2D eigenvalue weighted by molar-refractivity contribution is 7.89. The highest BCUT2D eigenvalue weighted by Gasteiger charge is 2.31. The number of phenolic OH excluding ortho intramolecular Hbond substituents is 1. The van der Waals surface area contributed by atoms with Crippen molar-refractivity contribution >= 4 is 67.8 Å². The minimum Gasteiger partial charge on any atom is -0.505 e. The van der Waals surface area contributed by atoms with Crippen LogP contribution in [0.2, 0.25) is 15.1 Å². The van der Waals surface area contributed by atoms with Crippen LogP contribution < -0.4 is 5.32 Å². The minimum atomic E-state index is -3.63. The van der Waals surface area contributed by atoms with Crippen LogP contribution in [0.5, 0.6) is 5.75 Å². The Morgan fingerprint density at radius 1 is 1.12 bits per heavy atom. The number of hydrogen-bond donors (Lipinski definition) is 2. The molecule has 2 heterocycles. The second-order valence-corrected chi connectivity index (χ2v) is 12.0. The van der Waals surface area contributed by atoms with Gasteiger partial charge in [-0.3, -0.25) is 4.79 Å². The molecule has 4 rings (SSSR count). The van der Waals surface area contributed by atoms with Gasteiger partial charge in [-0.1, -0.05) is 40.9 Å². The van der Waals surface area contributed by atoms with Crippen molar-refractivity contribution in [1.82, 2.24) is 9.29 Å². The van der Waals surface area contributed by atoms with Crippen LogP contribution in [0.15, 0.2) is 40.6 Å². The Hall–Kier alpha value is -1.88. The number of sulfonamides is 1. The second-order valence-electron chi connectivity index (χ2n) is 7.90. The maximum atomic E-state index is 13.0. The molecular formula is C22H20Cl3N3O4S2. The normalized spacial score (nSPS) is 15.4. The van der Waals surface area contributed by atoms with Crippen LogP contribution in [0.4, 0.5) is 5.69 Å². The molecule has 1 fully saturated rings. The maximum Gasteiger partial charge on any atom is 0.275 e. The Kier molecular flexibility index (Phi) is 7.42. The smallest absolute Gasteiger partial charge is 0.275 e. The molecule has 0 saturated carbocycles. The number of carbonyl (C=O) groups excluding carboxylic acids is 1. The summed E-state index contributed by atoms with van der Waals surface area (Å²) in [4.78, 5) is 17.2. The third kappa shape index (κ3) is 5.19. The van der Waals surface area contributed by atoms with Crippen molar-refractivity contribution in [2.45, 2.75) is 30.6 Å². The van der Waals surface area contributed by atoms with Crippen molar-refractivity contribution in [2.24, 2.45) is 0 Å². The van der Waals surface area contributed by atoms with Crippen LogP contribution >= 0.6 is 46.1 Å². The number of phenols is 1. The number of piperidine rings is 1. The molecule has 12 heteroatoms. The number of amides is 1. The molecule has 1 saturated heterocycles. The van der Waals surface area contributed by atoms with Crippen molar-refractivity contribution in [3.8, 4) is 5.75 Å². The van der Waals surface area contributed by atoms with E-state index in [1.54, 1.807) is 17.5 Å². The van der Waals surface area contributed by atoms with E-state index in [9.17, 15) is 18.3 Å². The molecule has 3 aromatic rings. The number of hydrogen-bond acceptors (Lipinski definition) is 6. The SMILES string of the molecule is Cc1ccc(S(=O)(=O)N2CCC(c3nc(C(=O)Nc4cc(Cl)c(O)c(Cl)c4)cs3)CC2)cc1Cl. The van der Waals surface area contributed by atoms with E-state index in [-0.39, 0.29) is 32.3 Å². The molecule has 2 N–H and O–H groups in total. The first-order chi connectivity index (χ1) is 16.1. The highest BCUT2D eigenvalue weighted by atomic mass is 35.5. The number of aromatic hydroxyl groups is 1. The molecule has 1 aromatic heterocycles. The molecule has 2 aromatic carbocycles. The van der Waals surface area contributed by atoms with E-state index in [1.807, 2.05) is 6.92 Å². The minimum absolute atomic E-state index is 0.0244. The van der Waals surface area contributed by atoms with E-state index in [0.29, 0.717) is 36.6 Å². The Morgan fingerprint density at radius 3 is 2.38 bits per heavy atom. The summed E-state index contributed by atoms with van der Waals surface area (Å²) in [5, 5.41) is 15.2. The summed E-state index contributed by atoms with van der Waals surface area (Å²) in [6.07, 6.45) is 1.19. The lowest BCUT2D eigenvalue weighted by molar-refractivity contribution is 0.102. The topological polar surface area (TPSA) is 99.6 Å². The summed E-state index contributed by atoms with van der Waals surface area (Å²) < 4.78 is 27.5. The van der Waals surface area contributed by atoms with E-state index in [1.165, 1.54) is 33.8 Å². The maximum absolute atomic E-state index is 13.0. The number of carbonyl (C=O) groups is 1. The largest absolute Gasteiger partial charge is 0.505 e. The predicted octanol–water partition coefficient (Wildman–Crippen LogP) is 5.94. The number of thiazole rings is 1. The first-order valence-corrected chi connectivity index (χ1v) is 13.7. The number of halogens is 3. The van der Waals surface area contributed by atoms with Gasteiger partial charge < -0.3 is 10.4 Å². The van der Waals surface area contributed by atoms with E-state index in [0.717, 1.165) is 10.6 Å². The molecule has 0 aliphatic carbocycles. The first kappa shape index (κ1) is 25.2. The van der Waals surface area contributed by atoms with E-state index < -0.39 is 15.9 Å². The molecule has 1 amide bonds. The van der Waals surface area contributed by atoms with Gasteiger partial charge in [-0.25, -0.2) is 13.4 Å². The lowest BCUT2D eigenvalue weighted by Crippen LogP contribution is -2.37. The Labute approximate surface area is 216 Å². The fourth-order valence-electron chi connectivity index (χ4n) is 3.64. The average molecular weight is 561 g/mol. The van der Waals surface area contributed by atoms with Crippen LogP contribution in [-0.2, 0) is 10.0 Å². The number of anilines is 1. The fraction of sp³-hybridized carbons (Fsp3) is 0.273. The van der Waals surface area contributed by atoms with Crippen molar-refractivity contribution in [2.75, 3.05) is 18.4 Å². The molecular weight excluding hydrogens is 541 g/mol. The quantitative estimate of drug-likeness (QED) is 0.376. The van der Waals surface area contributed by atoms with Gasteiger partial charge in [-0.15, -0.1) is 11.3 Å². The van der Waals surface area contributed by atoms with Crippen molar-refractivity contribution in [3.63, 3.8) is 0 Å². The van der Waals surface area contributed by atoms with Crippen molar-refractivity contribution in [1.29, 1.82) is 0 Å². The summed E-state index contributed by atoms with van der Waals surface area (Å²) >= 11 is 19.3. The molecule has 180 valence electrons. The van der Waals surface area contributed by atoms with Gasteiger partial charge in [-0.2, -0.15) is 4.31 Å². The Balaban J connectivity index is 1.40. The molecule has 34 heavy (non-hydrogen) atoms. The monoisotopic (exact) mass is 559 g/mol. The van der Waals surface area contributed by atoms with Gasteiger partial charge in [-0.05, 0) is 49.6 Å². The lowest BCUT2D eigenvalue weighted by Gasteiger charge is -2.30. The predicted molar refractivity (Wildman–Crippen MR) is 135 cm³/mol. The molecule has 1 aliphatic heterocycles. The van der Waals surface area contributed by atoms with Gasteiger partial charge in [0.2, 0.25) is 10.0 Å². The van der Waals surface area contributed by atoms with Crippen LogP contribution in [0, 0.1) is 6.92 Å². The van der Waals surface area contributed by atoms with Crippen LogP contribution in [0.3, 0.4) is 0 Å². The summed E-state index contributed by atoms with van der Waals surface area (Å²) in [6, 6.07) is 7.54. The number of nitrogens with zero attached hydrogens (tertiary/aromatic N) is 2. The molecule has 0 unspecified atom stereocenters. The Bertz CT molecular complexity index is 1330.